The van der Waals surface area contributed by atoms with Crippen molar-refractivity contribution in [2.45, 2.75) is 43.1 Å². The van der Waals surface area contributed by atoms with Crippen molar-refractivity contribution in [2.75, 3.05) is 11.2 Å². The lowest BCUT2D eigenvalue weighted by atomic mass is 9.90. The highest BCUT2D eigenvalue weighted by atomic mass is 32.2. The number of nitrogens with zero attached hydrogens (tertiary/aromatic N) is 2. The Hall–Kier alpha value is -5.10. The standard InChI is InChI=1S/C36H35N4O8PS/c1-21(2)17-27(36(47,49-48)20-50-31-16-15-22-7-3-5-9-28(22)37-31)33(42)38-29(35(45)46)18-25-19-40(30-10-6-4-8-26(25)30)39-32(41)23-11-13-24(14-12-23)34(43)44/h3-16,19,21,27,29,47H,17-18,20H2,1-2H3,(H,38,42)(H,39,41)(H,43,44)(H,45,46)/p+1/t27?,29-,36?/m0/s1. The number of rotatable bonds is 15. The van der Waals surface area contributed by atoms with Crippen LogP contribution in [-0.4, -0.2) is 65.9 Å². The lowest BCUT2D eigenvalue weighted by molar-refractivity contribution is -0.143. The fourth-order valence-corrected chi connectivity index (χ4v) is 7.38. The van der Waals surface area contributed by atoms with Crippen LogP contribution >= 0.6 is 20.2 Å². The molecule has 3 aromatic carbocycles. The average molecular weight is 716 g/mol. The van der Waals surface area contributed by atoms with Crippen molar-refractivity contribution in [3.63, 3.8) is 0 Å². The Morgan fingerprint density at radius 1 is 0.920 bits per heavy atom. The van der Waals surface area contributed by atoms with E-state index in [-0.39, 0.29) is 35.6 Å². The molecule has 0 fully saturated rings. The third-order valence-electron chi connectivity index (χ3n) is 8.24. The molecular formula is C36H36N4O8PS+. The summed E-state index contributed by atoms with van der Waals surface area (Å²) in [7, 11) is -1.28. The summed E-state index contributed by atoms with van der Waals surface area (Å²) in [5.41, 5.74) is 4.80. The van der Waals surface area contributed by atoms with Crippen molar-refractivity contribution < 1.29 is 39.1 Å². The summed E-state index contributed by atoms with van der Waals surface area (Å²) >= 11 is 1.16. The number of thioether (sulfide) groups is 1. The van der Waals surface area contributed by atoms with Crippen LogP contribution in [0.25, 0.3) is 21.8 Å². The van der Waals surface area contributed by atoms with Crippen LogP contribution in [0.15, 0.2) is 96.2 Å². The Balaban J connectivity index is 1.35. The van der Waals surface area contributed by atoms with Crippen molar-refractivity contribution in [3.8, 4) is 0 Å². The molecule has 3 unspecified atom stereocenters. The topological polar surface area (TPSA) is 188 Å². The van der Waals surface area contributed by atoms with Gasteiger partial charge in [-0.2, -0.15) is 0 Å². The number of nitrogens with one attached hydrogen (secondary N) is 2. The predicted molar refractivity (Wildman–Crippen MR) is 192 cm³/mol. The molecule has 0 spiro atoms. The van der Waals surface area contributed by atoms with Gasteiger partial charge in [-0.15, -0.1) is 0 Å². The fraction of sp³-hybridized carbons (Fsp3) is 0.250. The van der Waals surface area contributed by atoms with Gasteiger partial charge in [-0.1, -0.05) is 72.6 Å². The number of aliphatic hydroxyl groups is 1. The van der Waals surface area contributed by atoms with E-state index in [4.69, 9.17) is 5.11 Å². The molecule has 5 rings (SSSR count). The lowest BCUT2D eigenvalue weighted by Crippen LogP contribution is -2.51. The summed E-state index contributed by atoms with van der Waals surface area (Å²) in [6.45, 7) is 3.70. The number of fused-ring (bicyclic) bond motifs is 2. The molecule has 12 nitrogen and oxygen atoms in total. The Labute approximate surface area is 293 Å². The number of aliphatic carboxylic acids is 1. The Morgan fingerprint density at radius 2 is 1.60 bits per heavy atom. The lowest BCUT2D eigenvalue weighted by Gasteiger charge is -2.27. The molecule has 0 aliphatic carbocycles. The van der Waals surface area contributed by atoms with Crippen molar-refractivity contribution in [1.29, 1.82) is 0 Å². The molecule has 0 saturated carbocycles. The van der Waals surface area contributed by atoms with Crippen LogP contribution in [-0.2, 0) is 20.6 Å². The Bertz CT molecular complexity index is 2070. The van der Waals surface area contributed by atoms with Crippen molar-refractivity contribution in [3.05, 3.63) is 108 Å². The largest absolute Gasteiger partial charge is 0.480 e. The third-order valence-corrected chi connectivity index (χ3v) is 10.5. The number of aromatic nitrogens is 2. The van der Waals surface area contributed by atoms with E-state index < -0.39 is 49.5 Å². The molecule has 5 aromatic rings. The van der Waals surface area contributed by atoms with Crippen molar-refractivity contribution >= 4 is 65.8 Å². The van der Waals surface area contributed by atoms with E-state index in [2.05, 4.69) is 15.7 Å². The van der Waals surface area contributed by atoms with Gasteiger partial charge >= 0.3 is 20.4 Å². The number of benzene rings is 3. The van der Waals surface area contributed by atoms with Crippen molar-refractivity contribution in [2.24, 2.45) is 11.8 Å². The highest BCUT2D eigenvalue weighted by Gasteiger charge is 2.50. The second kappa shape index (κ2) is 15.6. The van der Waals surface area contributed by atoms with Gasteiger partial charge in [0, 0.05) is 29.0 Å². The first kappa shape index (κ1) is 36.2. The summed E-state index contributed by atoms with van der Waals surface area (Å²) in [6, 6.07) is 22.2. The average Bonchev–Trinajstić information content (AvgIpc) is 3.45. The number of amides is 2. The van der Waals surface area contributed by atoms with E-state index in [0.29, 0.717) is 21.5 Å². The number of carboxylic acids is 2. The summed E-state index contributed by atoms with van der Waals surface area (Å²) in [6.07, 6.45) is 1.54. The van der Waals surface area contributed by atoms with E-state index in [1.165, 1.54) is 28.9 Å². The van der Waals surface area contributed by atoms with E-state index in [1.54, 1.807) is 36.5 Å². The number of hydrogen-bond acceptors (Lipinski definition) is 8. The first-order valence-corrected chi connectivity index (χ1v) is 17.6. The number of aromatic carboxylic acids is 1. The molecule has 2 heterocycles. The zero-order valence-electron chi connectivity index (χ0n) is 27.2. The Morgan fingerprint density at radius 3 is 2.28 bits per heavy atom. The van der Waals surface area contributed by atoms with Crippen LogP contribution in [0.3, 0.4) is 0 Å². The molecule has 14 heteroatoms. The number of carboxylic acid groups (broad SMARTS) is 2. The molecule has 2 aromatic heterocycles. The van der Waals surface area contributed by atoms with Crippen LogP contribution in [0, 0.1) is 11.8 Å². The van der Waals surface area contributed by atoms with Crippen molar-refractivity contribution in [1.82, 2.24) is 15.0 Å². The van der Waals surface area contributed by atoms with Crippen LogP contribution in [0.4, 0.5) is 0 Å². The van der Waals surface area contributed by atoms with Gasteiger partial charge in [-0.3, -0.25) is 19.7 Å². The number of pyridine rings is 1. The highest BCUT2D eigenvalue weighted by molar-refractivity contribution is 7.99. The number of carbonyl (C=O) groups excluding carboxylic acids is 2. The minimum absolute atomic E-state index is 0.0301. The molecule has 4 atom stereocenters. The molecular weight excluding hydrogens is 679 g/mol. The first-order valence-electron chi connectivity index (χ1n) is 15.8. The van der Waals surface area contributed by atoms with Gasteiger partial charge in [0.25, 0.3) is 11.2 Å². The fourth-order valence-electron chi connectivity index (χ4n) is 5.64. The van der Waals surface area contributed by atoms with E-state index in [0.717, 1.165) is 22.7 Å². The highest BCUT2D eigenvalue weighted by Crippen LogP contribution is 2.38. The minimum atomic E-state index is -1.97. The van der Waals surface area contributed by atoms with E-state index in [9.17, 15) is 34.0 Å². The maximum Gasteiger partial charge on any atom is 0.361 e. The summed E-state index contributed by atoms with van der Waals surface area (Å²) in [5, 5.41) is 33.8. The quantitative estimate of drug-likeness (QED) is 0.0679. The van der Waals surface area contributed by atoms with Gasteiger partial charge < -0.3 is 20.6 Å². The second-order valence-electron chi connectivity index (χ2n) is 12.3. The number of hydrogen-bond donors (Lipinski definition) is 5. The summed E-state index contributed by atoms with van der Waals surface area (Å²) < 4.78 is 14.0. The van der Waals surface area contributed by atoms with E-state index in [1.807, 2.05) is 44.2 Å². The summed E-state index contributed by atoms with van der Waals surface area (Å²) in [4.78, 5) is 55.2. The van der Waals surface area contributed by atoms with Gasteiger partial charge in [0.2, 0.25) is 5.91 Å². The zero-order valence-corrected chi connectivity index (χ0v) is 29.0. The second-order valence-corrected chi connectivity index (χ2v) is 14.4. The van der Waals surface area contributed by atoms with Crippen LogP contribution in [0.2, 0.25) is 0 Å². The van der Waals surface area contributed by atoms with Crippen LogP contribution in [0.5, 0.6) is 0 Å². The van der Waals surface area contributed by atoms with Gasteiger partial charge in [0.1, 0.15) is 12.0 Å². The number of para-hydroxylation sites is 2. The molecule has 0 saturated heterocycles. The molecule has 2 amide bonds. The van der Waals surface area contributed by atoms with Gasteiger partial charge in [-0.25, -0.2) is 14.6 Å². The zero-order chi connectivity index (χ0) is 36.0. The van der Waals surface area contributed by atoms with Gasteiger partial charge in [0.15, 0.2) is 0 Å². The molecule has 5 N–H and O–H groups in total. The number of carbonyl (C=O) groups is 4. The Kier molecular flexibility index (Phi) is 11.3. The van der Waals surface area contributed by atoms with Gasteiger partial charge in [0.05, 0.1) is 27.4 Å². The smallest absolute Gasteiger partial charge is 0.361 e. The monoisotopic (exact) mass is 715 g/mol. The molecule has 0 radical (unpaired) electrons. The maximum atomic E-state index is 13.8. The molecule has 50 heavy (non-hydrogen) atoms. The molecule has 0 aliphatic rings. The maximum absolute atomic E-state index is 13.8. The molecule has 258 valence electrons. The van der Waals surface area contributed by atoms with Gasteiger partial charge in [-0.05, 0) is 60.4 Å². The first-order chi connectivity index (χ1) is 23.9. The SMILES string of the molecule is CC(C)CC(C(=O)N[C@@H](Cc1cn(NC(=O)c2ccc(C(=O)O)cc2)c2ccccc12)C(=O)O)C(O)(CSc1ccc2ccccc2n1)[PH+]=O. The normalized spacial score (nSPS) is 13.9. The molecule has 0 aliphatic heterocycles. The molecule has 0 bridgehead atoms. The predicted octanol–water partition coefficient (Wildman–Crippen LogP) is 5.55. The third kappa shape index (κ3) is 8.36. The van der Waals surface area contributed by atoms with E-state index >= 15 is 0 Å². The summed E-state index contributed by atoms with van der Waals surface area (Å²) in [5.74, 6) is -5.11. The van der Waals surface area contributed by atoms with Crippen LogP contribution < -0.4 is 10.7 Å². The minimum Gasteiger partial charge on any atom is -0.480 e. The van der Waals surface area contributed by atoms with Crippen LogP contribution in [0.1, 0.15) is 46.5 Å².